The third-order valence-corrected chi connectivity index (χ3v) is 3.08. The number of likely N-dealkylation sites (N-methyl/N-ethyl adjacent to an activating group) is 1. The second-order valence-electron chi connectivity index (χ2n) is 3.91. The van der Waals surface area contributed by atoms with Crippen LogP contribution < -0.4 is 15.2 Å². The van der Waals surface area contributed by atoms with Gasteiger partial charge >= 0.3 is 0 Å². The Hall–Kier alpha value is -0.840. The van der Waals surface area contributed by atoms with Gasteiger partial charge < -0.3 is 20.1 Å². The average molecular weight is 309 g/mol. The van der Waals surface area contributed by atoms with Crippen molar-refractivity contribution in [1.29, 1.82) is 0 Å². The molecule has 110 valence electrons. The first kappa shape index (κ1) is 18.2. The smallest absolute Gasteiger partial charge is 0.179 e. The normalized spacial score (nSPS) is 10.2. The van der Waals surface area contributed by atoms with Crippen LogP contribution in [0.15, 0.2) is 12.1 Å². The standard InChI is InChI=1S/C13H21ClN2O2.ClH/c1-4-16(5-2)6-7-18-13-11(14)8-10(15)9-12(13)17-3;/h8-9H,4-7,15H2,1-3H3;1H. The fourth-order valence-electron chi connectivity index (χ4n) is 1.70. The van der Waals surface area contributed by atoms with Crippen molar-refractivity contribution in [2.45, 2.75) is 13.8 Å². The highest BCUT2D eigenvalue weighted by molar-refractivity contribution is 6.32. The quantitative estimate of drug-likeness (QED) is 0.786. The van der Waals surface area contributed by atoms with Crippen molar-refractivity contribution in [3.63, 3.8) is 0 Å². The van der Waals surface area contributed by atoms with Gasteiger partial charge in [0.25, 0.3) is 0 Å². The van der Waals surface area contributed by atoms with Gasteiger partial charge in [-0.25, -0.2) is 0 Å². The van der Waals surface area contributed by atoms with Crippen molar-refractivity contribution >= 4 is 29.7 Å². The highest BCUT2D eigenvalue weighted by Gasteiger charge is 2.11. The van der Waals surface area contributed by atoms with E-state index in [1.165, 1.54) is 0 Å². The van der Waals surface area contributed by atoms with Crippen LogP contribution in [-0.4, -0.2) is 38.3 Å². The molecular formula is C13H22Cl2N2O2. The molecule has 1 aromatic rings. The van der Waals surface area contributed by atoms with Crippen LogP contribution in [0.1, 0.15) is 13.8 Å². The molecule has 2 N–H and O–H groups in total. The Morgan fingerprint density at radius 2 is 1.89 bits per heavy atom. The van der Waals surface area contributed by atoms with E-state index in [2.05, 4.69) is 18.7 Å². The predicted octanol–water partition coefficient (Wildman–Crippen LogP) is 3.07. The number of rotatable bonds is 7. The molecule has 0 amide bonds. The van der Waals surface area contributed by atoms with E-state index in [0.717, 1.165) is 19.6 Å². The molecule has 0 aromatic heterocycles. The first-order chi connectivity index (χ1) is 8.62. The van der Waals surface area contributed by atoms with Gasteiger partial charge in [-0.3, -0.25) is 0 Å². The van der Waals surface area contributed by atoms with Crippen molar-refractivity contribution in [3.05, 3.63) is 17.2 Å². The van der Waals surface area contributed by atoms with Gasteiger partial charge in [-0.1, -0.05) is 25.4 Å². The Kier molecular flexibility index (Phi) is 8.72. The largest absolute Gasteiger partial charge is 0.493 e. The molecule has 6 heteroatoms. The van der Waals surface area contributed by atoms with Crippen molar-refractivity contribution in [2.75, 3.05) is 39.1 Å². The Morgan fingerprint density at radius 3 is 2.42 bits per heavy atom. The number of nitrogen functional groups attached to an aromatic ring is 1. The highest BCUT2D eigenvalue weighted by Crippen LogP contribution is 2.37. The molecule has 19 heavy (non-hydrogen) atoms. The molecular weight excluding hydrogens is 287 g/mol. The van der Waals surface area contributed by atoms with E-state index in [1.54, 1.807) is 19.2 Å². The number of nitrogens with two attached hydrogens (primary N) is 1. The molecule has 0 radical (unpaired) electrons. The number of nitrogens with zero attached hydrogens (tertiary/aromatic N) is 1. The molecule has 0 bridgehead atoms. The molecule has 0 spiro atoms. The molecule has 0 atom stereocenters. The predicted molar refractivity (Wildman–Crippen MR) is 82.9 cm³/mol. The van der Waals surface area contributed by atoms with E-state index < -0.39 is 0 Å². The second kappa shape index (κ2) is 9.13. The summed E-state index contributed by atoms with van der Waals surface area (Å²) in [5.41, 5.74) is 6.26. The van der Waals surface area contributed by atoms with Crippen molar-refractivity contribution in [1.82, 2.24) is 4.90 Å². The SMILES string of the molecule is CCN(CC)CCOc1c(Cl)cc(N)cc1OC.Cl. The summed E-state index contributed by atoms with van der Waals surface area (Å²) in [6, 6.07) is 3.37. The Bertz CT molecular complexity index is 385. The van der Waals surface area contributed by atoms with Gasteiger partial charge in [0.05, 0.1) is 12.1 Å². The molecule has 1 aromatic carbocycles. The summed E-state index contributed by atoms with van der Waals surface area (Å²) < 4.78 is 10.9. The average Bonchev–Trinajstić information content (AvgIpc) is 2.36. The number of ether oxygens (including phenoxy) is 2. The van der Waals surface area contributed by atoms with Crippen LogP contribution in [0.4, 0.5) is 5.69 Å². The van der Waals surface area contributed by atoms with Crippen LogP contribution in [-0.2, 0) is 0 Å². The summed E-state index contributed by atoms with van der Waals surface area (Å²) in [6.45, 7) is 7.69. The molecule has 0 aliphatic carbocycles. The third-order valence-electron chi connectivity index (χ3n) is 2.80. The number of benzene rings is 1. The van der Waals surface area contributed by atoms with E-state index in [4.69, 9.17) is 26.8 Å². The summed E-state index contributed by atoms with van der Waals surface area (Å²) in [4.78, 5) is 2.28. The summed E-state index contributed by atoms with van der Waals surface area (Å²) in [7, 11) is 1.57. The summed E-state index contributed by atoms with van der Waals surface area (Å²) in [5.74, 6) is 1.13. The maximum Gasteiger partial charge on any atom is 0.179 e. The number of halogens is 2. The molecule has 0 aliphatic heterocycles. The first-order valence-corrected chi connectivity index (χ1v) is 6.48. The zero-order valence-corrected chi connectivity index (χ0v) is 13.2. The van der Waals surface area contributed by atoms with Gasteiger partial charge in [0, 0.05) is 18.3 Å². The lowest BCUT2D eigenvalue weighted by Crippen LogP contribution is -2.28. The number of methoxy groups -OCH3 is 1. The van der Waals surface area contributed by atoms with Gasteiger partial charge in [0.2, 0.25) is 0 Å². The van der Waals surface area contributed by atoms with Gasteiger partial charge in [-0.2, -0.15) is 0 Å². The molecule has 0 fully saturated rings. The fraction of sp³-hybridized carbons (Fsp3) is 0.538. The summed E-state index contributed by atoms with van der Waals surface area (Å²) >= 11 is 6.10. The Balaban J connectivity index is 0.00000324. The minimum atomic E-state index is 0. The van der Waals surface area contributed by atoms with Crippen molar-refractivity contribution in [2.24, 2.45) is 0 Å². The molecule has 0 heterocycles. The minimum Gasteiger partial charge on any atom is -0.493 e. The number of hydrogen-bond acceptors (Lipinski definition) is 4. The third kappa shape index (κ3) is 5.35. The fourth-order valence-corrected chi connectivity index (χ4v) is 1.97. The highest BCUT2D eigenvalue weighted by atomic mass is 35.5. The topological polar surface area (TPSA) is 47.7 Å². The van der Waals surface area contributed by atoms with E-state index in [0.29, 0.717) is 28.8 Å². The molecule has 0 saturated carbocycles. The second-order valence-corrected chi connectivity index (χ2v) is 4.32. The molecule has 0 saturated heterocycles. The zero-order chi connectivity index (χ0) is 13.5. The van der Waals surface area contributed by atoms with Gasteiger partial charge in [-0.15, -0.1) is 12.4 Å². The lowest BCUT2D eigenvalue weighted by molar-refractivity contribution is 0.217. The maximum absolute atomic E-state index is 6.10. The van der Waals surface area contributed by atoms with E-state index >= 15 is 0 Å². The monoisotopic (exact) mass is 308 g/mol. The van der Waals surface area contributed by atoms with Crippen LogP contribution in [0.2, 0.25) is 5.02 Å². The Labute approximate surface area is 126 Å². The number of hydrogen-bond donors (Lipinski definition) is 1. The van der Waals surface area contributed by atoms with Gasteiger partial charge in [0.1, 0.15) is 6.61 Å². The van der Waals surface area contributed by atoms with Gasteiger partial charge in [0.15, 0.2) is 11.5 Å². The zero-order valence-electron chi connectivity index (χ0n) is 11.6. The van der Waals surface area contributed by atoms with E-state index in [1.807, 2.05) is 0 Å². The van der Waals surface area contributed by atoms with Gasteiger partial charge in [-0.05, 0) is 19.2 Å². The van der Waals surface area contributed by atoms with Crippen LogP contribution in [0.5, 0.6) is 11.5 Å². The van der Waals surface area contributed by atoms with Crippen molar-refractivity contribution in [3.8, 4) is 11.5 Å². The van der Waals surface area contributed by atoms with E-state index in [9.17, 15) is 0 Å². The first-order valence-electron chi connectivity index (χ1n) is 6.10. The summed E-state index contributed by atoms with van der Waals surface area (Å²) in [6.07, 6.45) is 0. The maximum atomic E-state index is 6.10. The lowest BCUT2D eigenvalue weighted by atomic mass is 10.3. The van der Waals surface area contributed by atoms with Crippen LogP contribution in [0.25, 0.3) is 0 Å². The van der Waals surface area contributed by atoms with Crippen LogP contribution in [0, 0.1) is 0 Å². The van der Waals surface area contributed by atoms with Crippen molar-refractivity contribution < 1.29 is 9.47 Å². The Morgan fingerprint density at radius 1 is 1.26 bits per heavy atom. The van der Waals surface area contributed by atoms with Crippen LogP contribution >= 0.6 is 24.0 Å². The number of anilines is 1. The molecule has 4 nitrogen and oxygen atoms in total. The molecule has 1 rings (SSSR count). The molecule has 0 aliphatic rings. The minimum absolute atomic E-state index is 0. The summed E-state index contributed by atoms with van der Waals surface area (Å²) in [5, 5.41) is 0.478. The lowest BCUT2D eigenvalue weighted by Gasteiger charge is -2.19. The molecule has 0 unspecified atom stereocenters. The van der Waals surface area contributed by atoms with Crippen LogP contribution in [0.3, 0.4) is 0 Å². The van der Waals surface area contributed by atoms with E-state index in [-0.39, 0.29) is 12.4 Å².